The van der Waals surface area contributed by atoms with E-state index in [0.29, 0.717) is 16.6 Å². The molecule has 4 nitrogen and oxygen atoms in total. The van der Waals surface area contributed by atoms with Crippen LogP contribution in [0.2, 0.25) is 0 Å². The van der Waals surface area contributed by atoms with Crippen LogP contribution in [0.5, 0.6) is 0 Å². The van der Waals surface area contributed by atoms with E-state index in [9.17, 15) is 14.0 Å². The van der Waals surface area contributed by atoms with E-state index in [-0.39, 0.29) is 17.0 Å². The first-order valence-corrected chi connectivity index (χ1v) is 6.73. The number of anilines is 1. The Balaban J connectivity index is 1.94. The Morgan fingerprint density at radius 2 is 1.82 bits per heavy atom. The lowest BCUT2D eigenvalue weighted by molar-refractivity contribution is 0.102. The molecule has 0 spiro atoms. The Morgan fingerprint density at radius 3 is 2.55 bits per heavy atom. The Bertz CT molecular complexity index is 914. The van der Waals surface area contributed by atoms with Gasteiger partial charge in [-0.2, -0.15) is 0 Å². The number of nitrogens with one attached hydrogen (secondary N) is 2. The van der Waals surface area contributed by atoms with Crippen molar-refractivity contribution < 1.29 is 9.18 Å². The summed E-state index contributed by atoms with van der Waals surface area (Å²) in [5.74, 6) is -0.905. The largest absolute Gasteiger partial charge is 0.322 e. The third-order valence-electron chi connectivity index (χ3n) is 3.35. The molecular formula is C17H13FN2O2. The number of H-pyrrole nitrogens is 1. The maximum Gasteiger partial charge on any atom is 0.255 e. The summed E-state index contributed by atoms with van der Waals surface area (Å²) >= 11 is 0. The van der Waals surface area contributed by atoms with E-state index in [1.54, 1.807) is 18.2 Å². The zero-order valence-electron chi connectivity index (χ0n) is 11.8. The van der Waals surface area contributed by atoms with Crippen LogP contribution in [0.25, 0.3) is 10.9 Å². The van der Waals surface area contributed by atoms with Crippen molar-refractivity contribution in [3.05, 3.63) is 75.8 Å². The Hall–Kier alpha value is -2.95. The molecule has 1 heterocycles. The average Bonchev–Trinajstić information content (AvgIpc) is 2.49. The second-order valence-corrected chi connectivity index (χ2v) is 5.07. The summed E-state index contributed by atoms with van der Waals surface area (Å²) in [6, 6.07) is 12.7. The minimum Gasteiger partial charge on any atom is -0.322 e. The standard InChI is InChI=1S/C17H13FN2O2/c1-10-2-4-11(5-3-10)17(22)19-13-8-12-6-7-15(21)20-16(12)14(18)9-13/h2-9H,1H3,(H,19,22)(H,20,21). The number of aromatic nitrogens is 1. The van der Waals surface area contributed by atoms with Gasteiger partial charge in [0.25, 0.3) is 5.91 Å². The third-order valence-corrected chi connectivity index (χ3v) is 3.35. The number of carbonyl (C=O) groups excluding carboxylic acids is 1. The smallest absolute Gasteiger partial charge is 0.255 e. The molecule has 0 bridgehead atoms. The van der Waals surface area contributed by atoms with Gasteiger partial charge in [0.05, 0.1) is 5.52 Å². The summed E-state index contributed by atoms with van der Waals surface area (Å²) in [6.45, 7) is 1.93. The Morgan fingerprint density at radius 1 is 1.09 bits per heavy atom. The first-order chi connectivity index (χ1) is 10.5. The highest BCUT2D eigenvalue weighted by molar-refractivity contribution is 6.05. The zero-order chi connectivity index (χ0) is 15.7. The van der Waals surface area contributed by atoms with Crippen LogP contribution in [0.4, 0.5) is 10.1 Å². The van der Waals surface area contributed by atoms with Crippen LogP contribution in [-0.4, -0.2) is 10.9 Å². The second kappa shape index (κ2) is 5.44. The second-order valence-electron chi connectivity index (χ2n) is 5.07. The molecule has 0 fully saturated rings. The molecule has 0 radical (unpaired) electrons. The molecule has 110 valence electrons. The first-order valence-electron chi connectivity index (χ1n) is 6.73. The normalized spacial score (nSPS) is 10.6. The van der Waals surface area contributed by atoms with Crippen LogP contribution in [0.1, 0.15) is 15.9 Å². The van der Waals surface area contributed by atoms with Crippen molar-refractivity contribution in [1.82, 2.24) is 4.98 Å². The Labute approximate surface area is 125 Å². The van der Waals surface area contributed by atoms with Gasteiger partial charge in [0.1, 0.15) is 5.82 Å². The number of pyridine rings is 1. The van der Waals surface area contributed by atoms with Gasteiger partial charge in [-0.1, -0.05) is 17.7 Å². The van der Waals surface area contributed by atoms with Gasteiger partial charge in [0, 0.05) is 22.7 Å². The molecule has 2 N–H and O–H groups in total. The zero-order valence-corrected chi connectivity index (χ0v) is 11.8. The highest BCUT2D eigenvalue weighted by Crippen LogP contribution is 2.20. The van der Waals surface area contributed by atoms with Crippen molar-refractivity contribution in [2.75, 3.05) is 5.32 Å². The van der Waals surface area contributed by atoms with E-state index in [0.717, 1.165) is 5.56 Å². The van der Waals surface area contributed by atoms with E-state index in [2.05, 4.69) is 10.3 Å². The molecule has 0 saturated carbocycles. The lowest BCUT2D eigenvalue weighted by atomic mass is 10.1. The maximum atomic E-state index is 14.0. The molecule has 0 aliphatic carbocycles. The number of rotatable bonds is 2. The minimum atomic E-state index is -0.589. The molecular weight excluding hydrogens is 283 g/mol. The number of carbonyl (C=O) groups is 1. The SMILES string of the molecule is Cc1ccc(C(=O)Nc2cc(F)c3[nH]c(=O)ccc3c2)cc1. The molecule has 0 aliphatic rings. The van der Waals surface area contributed by atoms with Crippen LogP contribution in [0.15, 0.2) is 53.3 Å². The van der Waals surface area contributed by atoms with E-state index in [4.69, 9.17) is 0 Å². The summed E-state index contributed by atoms with van der Waals surface area (Å²) < 4.78 is 14.0. The first kappa shape index (κ1) is 14.0. The molecule has 5 heteroatoms. The molecule has 1 aromatic heterocycles. The van der Waals surface area contributed by atoms with E-state index >= 15 is 0 Å². The van der Waals surface area contributed by atoms with Gasteiger partial charge in [-0.3, -0.25) is 9.59 Å². The van der Waals surface area contributed by atoms with Gasteiger partial charge in [0.2, 0.25) is 5.56 Å². The lowest BCUT2D eigenvalue weighted by Crippen LogP contribution is -2.12. The van der Waals surface area contributed by atoms with Gasteiger partial charge < -0.3 is 10.3 Å². The summed E-state index contributed by atoms with van der Waals surface area (Å²) in [5.41, 5.74) is 1.64. The number of halogens is 1. The number of fused-ring (bicyclic) bond motifs is 1. The molecule has 0 unspecified atom stereocenters. The monoisotopic (exact) mass is 296 g/mol. The minimum absolute atomic E-state index is 0.126. The van der Waals surface area contributed by atoms with Crippen molar-refractivity contribution >= 4 is 22.5 Å². The van der Waals surface area contributed by atoms with Crippen LogP contribution in [0.3, 0.4) is 0 Å². The van der Waals surface area contributed by atoms with Gasteiger partial charge in [-0.15, -0.1) is 0 Å². The number of aromatic amines is 1. The third kappa shape index (κ3) is 2.74. The molecule has 0 saturated heterocycles. The number of amides is 1. The molecule has 3 rings (SSSR count). The van der Waals surface area contributed by atoms with Crippen molar-refractivity contribution in [3.63, 3.8) is 0 Å². The average molecular weight is 296 g/mol. The number of benzene rings is 2. The number of aryl methyl sites for hydroxylation is 1. The van der Waals surface area contributed by atoms with Crippen molar-refractivity contribution in [1.29, 1.82) is 0 Å². The fraction of sp³-hybridized carbons (Fsp3) is 0.0588. The fourth-order valence-electron chi connectivity index (χ4n) is 2.20. The lowest BCUT2D eigenvalue weighted by Gasteiger charge is -2.08. The van der Waals surface area contributed by atoms with Crippen LogP contribution in [-0.2, 0) is 0 Å². The highest BCUT2D eigenvalue weighted by atomic mass is 19.1. The van der Waals surface area contributed by atoms with Crippen molar-refractivity contribution in [3.8, 4) is 0 Å². The van der Waals surface area contributed by atoms with Gasteiger partial charge in [-0.25, -0.2) is 4.39 Å². The predicted octanol–water partition coefficient (Wildman–Crippen LogP) is 3.23. The molecule has 22 heavy (non-hydrogen) atoms. The van der Waals surface area contributed by atoms with Gasteiger partial charge >= 0.3 is 0 Å². The number of hydrogen-bond acceptors (Lipinski definition) is 2. The maximum absolute atomic E-state index is 14.0. The summed E-state index contributed by atoms with van der Waals surface area (Å²) in [7, 11) is 0. The highest BCUT2D eigenvalue weighted by Gasteiger charge is 2.09. The predicted molar refractivity (Wildman–Crippen MR) is 83.7 cm³/mol. The van der Waals surface area contributed by atoms with E-state index < -0.39 is 5.82 Å². The van der Waals surface area contributed by atoms with Crippen LogP contribution >= 0.6 is 0 Å². The van der Waals surface area contributed by atoms with Crippen molar-refractivity contribution in [2.45, 2.75) is 6.92 Å². The topological polar surface area (TPSA) is 62.0 Å². The molecule has 0 aliphatic heterocycles. The number of hydrogen-bond donors (Lipinski definition) is 2. The summed E-state index contributed by atoms with van der Waals surface area (Å²) in [4.78, 5) is 25.8. The van der Waals surface area contributed by atoms with Crippen molar-refractivity contribution in [2.24, 2.45) is 0 Å². The molecule has 2 aromatic carbocycles. The fourth-order valence-corrected chi connectivity index (χ4v) is 2.20. The quantitative estimate of drug-likeness (QED) is 0.762. The summed E-state index contributed by atoms with van der Waals surface area (Å²) in [6.07, 6.45) is 0. The van der Waals surface area contributed by atoms with E-state index in [1.807, 2.05) is 19.1 Å². The molecule has 3 aromatic rings. The Kier molecular flexibility index (Phi) is 3.47. The van der Waals surface area contributed by atoms with Gasteiger partial charge in [-0.05, 0) is 37.3 Å². The van der Waals surface area contributed by atoms with Crippen LogP contribution in [0, 0.1) is 12.7 Å². The molecule has 1 amide bonds. The van der Waals surface area contributed by atoms with E-state index in [1.165, 1.54) is 18.2 Å². The van der Waals surface area contributed by atoms with Gasteiger partial charge in [0.15, 0.2) is 0 Å². The summed E-state index contributed by atoms with van der Waals surface area (Å²) in [5, 5.41) is 3.17. The molecule has 0 atom stereocenters. The van der Waals surface area contributed by atoms with Crippen LogP contribution < -0.4 is 10.9 Å².